The first-order chi connectivity index (χ1) is 13.8. The number of ether oxygens (including phenoxy) is 2. The average Bonchev–Trinajstić information content (AvgIpc) is 2.91. The highest BCUT2D eigenvalue weighted by Gasteiger charge is 2.49. The number of carbonyl (C=O) groups excluding carboxylic acids is 3. The molecule has 2 aromatic carbocycles. The van der Waals surface area contributed by atoms with Gasteiger partial charge in [0, 0.05) is 5.69 Å². The van der Waals surface area contributed by atoms with Crippen LogP contribution in [0.5, 0.6) is 11.5 Å². The molecule has 0 aromatic heterocycles. The lowest BCUT2D eigenvalue weighted by molar-refractivity contribution is -0.133. The van der Waals surface area contributed by atoms with E-state index < -0.39 is 35.7 Å². The zero-order valence-corrected chi connectivity index (χ0v) is 16.1. The van der Waals surface area contributed by atoms with E-state index >= 15 is 0 Å². The van der Waals surface area contributed by atoms with E-state index in [1.165, 1.54) is 32.4 Å². The van der Waals surface area contributed by atoms with Crippen LogP contribution in [0.3, 0.4) is 0 Å². The maximum Gasteiger partial charge on any atom is 0.325 e. The van der Waals surface area contributed by atoms with E-state index in [-0.39, 0.29) is 5.69 Å². The fourth-order valence-electron chi connectivity index (χ4n) is 3.09. The van der Waals surface area contributed by atoms with Gasteiger partial charge in [-0.1, -0.05) is 12.1 Å². The van der Waals surface area contributed by atoms with E-state index in [2.05, 4.69) is 10.6 Å². The van der Waals surface area contributed by atoms with Gasteiger partial charge in [-0.25, -0.2) is 9.18 Å². The molecule has 1 aliphatic heterocycles. The van der Waals surface area contributed by atoms with Crippen LogP contribution in [0, 0.1) is 5.82 Å². The number of anilines is 1. The molecule has 8 nitrogen and oxygen atoms in total. The number of hydrogen-bond acceptors (Lipinski definition) is 5. The topological polar surface area (TPSA) is 97.0 Å². The third-order valence-electron chi connectivity index (χ3n) is 4.65. The zero-order valence-electron chi connectivity index (χ0n) is 16.1. The minimum Gasteiger partial charge on any atom is -0.493 e. The molecule has 0 bridgehead atoms. The van der Waals surface area contributed by atoms with Crippen molar-refractivity contribution in [2.24, 2.45) is 0 Å². The summed E-state index contributed by atoms with van der Waals surface area (Å²) in [5, 5.41) is 5.08. The van der Waals surface area contributed by atoms with Crippen LogP contribution in [0.15, 0.2) is 42.5 Å². The van der Waals surface area contributed by atoms with Crippen molar-refractivity contribution in [3.63, 3.8) is 0 Å². The van der Waals surface area contributed by atoms with E-state index in [1.54, 1.807) is 25.1 Å². The molecule has 1 aliphatic rings. The van der Waals surface area contributed by atoms with Crippen molar-refractivity contribution < 1.29 is 28.2 Å². The van der Waals surface area contributed by atoms with Gasteiger partial charge in [0.1, 0.15) is 17.9 Å². The molecule has 29 heavy (non-hydrogen) atoms. The van der Waals surface area contributed by atoms with E-state index in [0.29, 0.717) is 17.1 Å². The van der Waals surface area contributed by atoms with E-state index in [4.69, 9.17) is 9.47 Å². The first kappa shape index (κ1) is 20.1. The zero-order chi connectivity index (χ0) is 21.2. The molecule has 2 aromatic rings. The molecule has 0 aliphatic carbocycles. The third-order valence-corrected chi connectivity index (χ3v) is 4.65. The number of halogens is 1. The van der Waals surface area contributed by atoms with Crippen molar-refractivity contribution in [3.05, 3.63) is 53.8 Å². The standard InChI is InChI=1S/C20H20FN3O5/c1-20(12-7-8-15(28-2)16(9-12)29-3)18(26)24(19(27)23-20)11-17(25)22-14-6-4-5-13(21)10-14/h4-10H,11H2,1-3H3,(H,22,25)(H,23,27)/t20-/m0/s1. The van der Waals surface area contributed by atoms with Crippen LogP contribution >= 0.6 is 0 Å². The van der Waals surface area contributed by atoms with Gasteiger partial charge < -0.3 is 20.1 Å². The van der Waals surface area contributed by atoms with Gasteiger partial charge in [0.15, 0.2) is 11.5 Å². The molecule has 0 saturated carbocycles. The highest BCUT2D eigenvalue weighted by Crippen LogP contribution is 2.35. The predicted molar refractivity (Wildman–Crippen MR) is 102 cm³/mol. The largest absolute Gasteiger partial charge is 0.493 e. The number of hydrogen-bond donors (Lipinski definition) is 2. The summed E-state index contributed by atoms with van der Waals surface area (Å²) in [5.41, 5.74) is -0.679. The Hall–Kier alpha value is -3.62. The quantitative estimate of drug-likeness (QED) is 0.724. The second-order valence-corrected chi connectivity index (χ2v) is 6.57. The summed E-state index contributed by atoms with van der Waals surface area (Å²) >= 11 is 0. The molecule has 3 rings (SSSR count). The van der Waals surface area contributed by atoms with Crippen molar-refractivity contribution in [1.82, 2.24) is 10.2 Å². The summed E-state index contributed by atoms with van der Waals surface area (Å²) in [6, 6.07) is 9.45. The molecule has 1 fully saturated rings. The number of imide groups is 1. The fraction of sp³-hybridized carbons (Fsp3) is 0.250. The molecule has 2 N–H and O–H groups in total. The molecular weight excluding hydrogens is 381 g/mol. The number of amides is 4. The number of methoxy groups -OCH3 is 2. The Morgan fingerprint density at radius 2 is 1.86 bits per heavy atom. The Morgan fingerprint density at radius 1 is 1.14 bits per heavy atom. The lowest BCUT2D eigenvalue weighted by atomic mass is 9.91. The van der Waals surface area contributed by atoms with Crippen molar-refractivity contribution in [3.8, 4) is 11.5 Å². The van der Waals surface area contributed by atoms with Crippen molar-refractivity contribution >= 4 is 23.5 Å². The minimum atomic E-state index is -1.38. The van der Waals surface area contributed by atoms with Gasteiger partial charge >= 0.3 is 6.03 Å². The number of nitrogens with one attached hydrogen (secondary N) is 2. The van der Waals surface area contributed by atoms with Gasteiger partial charge in [-0.3, -0.25) is 14.5 Å². The lowest BCUT2D eigenvalue weighted by Gasteiger charge is -2.23. The fourth-order valence-corrected chi connectivity index (χ4v) is 3.09. The SMILES string of the molecule is COc1ccc([C@]2(C)NC(=O)N(CC(=O)Nc3cccc(F)c3)C2=O)cc1OC. The molecule has 152 valence electrons. The van der Waals surface area contributed by atoms with Gasteiger partial charge in [-0.05, 0) is 42.8 Å². The predicted octanol–water partition coefficient (Wildman–Crippen LogP) is 2.25. The van der Waals surface area contributed by atoms with Crippen LogP contribution in [-0.2, 0) is 15.1 Å². The number of urea groups is 1. The van der Waals surface area contributed by atoms with Gasteiger partial charge in [0.2, 0.25) is 5.91 Å². The molecule has 0 spiro atoms. The van der Waals surface area contributed by atoms with Crippen molar-refractivity contribution in [1.29, 1.82) is 0 Å². The molecular formula is C20H20FN3O5. The minimum absolute atomic E-state index is 0.227. The lowest BCUT2D eigenvalue weighted by Crippen LogP contribution is -2.42. The van der Waals surface area contributed by atoms with Gasteiger partial charge in [0.25, 0.3) is 5.91 Å². The third kappa shape index (κ3) is 3.84. The maximum atomic E-state index is 13.3. The summed E-state index contributed by atoms with van der Waals surface area (Å²) in [7, 11) is 2.95. The molecule has 0 unspecified atom stereocenters. The smallest absolute Gasteiger partial charge is 0.325 e. The van der Waals surface area contributed by atoms with Crippen LogP contribution < -0.4 is 20.1 Å². The van der Waals surface area contributed by atoms with E-state index in [1.807, 2.05) is 0 Å². The Balaban J connectivity index is 1.79. The second-order valence-electron chi connectivity index (χ2n) is 6.57. The van der Waals surface area contributed by atoms with Gasteiger partial charge in [-0.2, -0.15) is 0 Å². The Kier molecular flexibility index (Phi) is 5.40. The number of rotatable bonds is 6. The highest BCUT2D eigenvalue weighted by molar-refractivity contribution is 6.10. The first-order valence-electron chi connectivity index (χ1n) is 8.70. The number of nitrogens with zero attached hydrogens (tertiary/aromatic N) is 1. The van der Waals surface area contributed by atoms with Crippen LogP contribution in [-0.4, -0.2) is 43.5 Å². The normalized spacial score (nSPS) is 18.4. The average molecular weight is 401 g/mol. The molecule has 0 radical (unpaired) electrons. The van der Waals surface area contributed by atoms with Gasteiger partial charge in [0.05, 0.1) is 14.2 Å². The van der Waals surface area contributed by atoms with Crippen LogP contribution in [0.1, 0.15) is 12.5 Å². The van der Waals surface area contributed by atoms with Crippen molar-refractivity contribution in [2.75, 3.05) is 26.1 Å². The van der Waals surface area contributed by atoms with E-state index in [0.717, 1.165) is 11.0 Å². The molecule has 1 heterocycles. The molecule has 9 heteroatoms. The molecule has 1 saturated heterocycles. The first-order valence-corrected chi connectivity index (χ1v) is 8.70. The number of carbonyl (C=O) groups is 3. The second kappa shape index (κ2) is 7.78. The monoisotopic (exact) mass is 401 g/mol. The molecule has 1 atom stereocenters. The summed E-state index contributed by atoms with van der Waals surface area (Å²) < 4.78 is 23.7. The Morgan fingerprint density at radius 3 is 2.52 bits per heavy atom. The summed E-state index contributed by atoms with van der Waals surface area (Å²) in [6.45, 7) is 1.03. The highest BCUT2D eigenvalue weighted by atomic mass is 19.1. The maximum absolute atomic E-state index is 13.3. The summed E-state index contributed by atoms with van der Waals surface area (Å²) in [4.78, 5) is 38.4. The van der Waals surface area contributed by atoms with Crippen LogP contribution in [0.4, 0.5) is 14.9 Å². The van der Waals surface area contributed by atoms with Gasteiger partial charge in [-0.15, -0.1) is 0 Å². The number of benzene rings is 2. The Labute approximate surface area is 166 Å². The summed E-state index contributed by atoms with van der Waals surface area (Å²) in [5.74, 6) is -0.864. The van der Waals surface area contributed by atoms with E-state index in [9.17, 15) is 18.8 Å². The molecule has 4 amide bonds. The van der Waals surface area contributed by atoms with Crippen LogP contribution in [0.2, 0.25) is 0 Å². The Bertz CT molecular complexity index is 980. The van der Waals surface area contributed by atoms with Crippen LogP contribution in [0.25, 0.3) is 0 Å². The summed E-state index contributed by atoms with van der Waals surface area (Å²) in [6.07, 6.45) is 0. The van der Waals surface area contributed by atoms with Crippen molar-refractivity contribution in [2.45, 2.75) is 12.5 Å².